The van der Waals surface area contributed by atoms with E-state index in [1.807, 2.05) is 0 Å². The second kappa shape index (κ2) is 5.76. The third kappa shape index (κ3) is 3.15. The first-order valence-electron chi connectivity index (χ1n) is 5.36. The summed E-state index contributed by atoms with van der Waals surface area (Å²) < 4.78 is 0. The van der Waals surface area contributed by atoms with E-state index in [9.17, 15) is 14.4 Å². The number of anilines is 1. The van der Waals surface area contributed by atoms with Gasteiger partial charge in [-0.05, 0) is 25.1 Å². The van der Waals surface area contributed by atoms with E-state index in [0.717, 1.165) is 11.0 Å². The molecule has 19 heavy (non-hydrogen) atoms. The standard InChI is InChI=1S/C12H14N4O3/c1-3-10(18)16(9-6-4-5-7-14-9)12(2,8-17)15-11(13)19/h3-8H,1H2,2H3,(H3,13,15,19). The summed E-state index contributed by atoms with van der Waals surface area (Å²) >= 11 is 0. The first kappa shape index (κ1) is 14.4. The molecule has 3 N–H and O–H groups in total. The molecule has 100 valence electrons. The Bertz CT molecular complexity index is 503. The molecule has 0 saturated carbocycles. The van der Waals surface area contributed by atoms with Gasteiger partial charge < -0.3 is 11.1 Å². The SMILES string of the molecule is C=CC(=O)N(c1ccccn1)C(C)(C=O)NC(N)=O. The lowest BCUT2D eigenvalue weighted by molar-refractivity contribution is -0.120. The van der Waals surface area contributed by atoms with Gasteiger partial charge in [0.2, 0.25) is 0 Å². The Morgan fingerprint density at radius 1 is 1.53 bits per heavy atom. The first-order chi connectivity index (χ1) is 8.94. The molecule has 0 fully saturated rings. The summed E-state index contributed by atoms with van der Waals surface area (Å²) in [6, 6.07) is 3.87. The Morgan fingerprint density at radius 3 is 2.63 bits per heavy atom. The van der Waals surface area contributed by atoms with Crippen LogP contribution in [0.3, 0.4) is 0 Å². The largest absolute Gasteiger partial charge is 0.352 e. The van der Waals surface area contributed by atoms with Crippen molar-refractivity contribution in [1.29, 1.82) is 0 Å². The number of hydrogen-bond donors (Lipinski definition) is 2. The molecule has 0 aromatic carbocycles. The average Bonchev–Trinajstić information content (AvgIpc) is 2.39. The van der Waals surface area contributed by atoms with Crippen molar-refractivity contribution in [2.75, 3.05) is 4.90 Å². The smallest absolute Gasteiger partial charge is 0.314 e. The quantitative estimate of drug-likeness (QED) is 0.448. The number of carbonyl (C=O) groups excluding carboxylic acids is 3. The lowest BCUT2D eigenvalue weighted by Crippen LogP contribution is -2.63. The maximum atomic E-state index is 11.9. The Balaban J connectivity index is 3.30. The van der Waals surface area contributed by atoms with Crippen molar-refractivity contribution in [3.63, 3.8) is 0 Å². The van der Waals surface area contributed by atoms with Crippen LogP contribution in [0.15, 0.2) is 37.1 Å². The van der Waals surface area contributed by atoms with Gasteiger partial charge in [0.05, 0.1) is 0 Å². The molecule has 0 aliphatic rings. The predicted molar refractivity (Wildman–Crippen MR) is 69.1 cm³/mol. The van der Waals surface area contributed by atoms with Crippen LogP contribution in [0, 0.1) is 0 Å². The van der Waals surface area contributed by atoms with Crippen LogP contribution in [0.1, 0.15) is 6.92 Å². The number of aldehydes is 1. The number of nitrogens with one attached hydrogen (secondary N) is 1. The number of carbonyl (C=O) groups is 3. The normalized spacial score (nSPS) is 12.9. The molecule has 0 aliphatic carbocycles. The molecule has 1 aromatic rings. The Kier molecular flexibility index (Phi) is 4.36. The third-order valence-corrected chi connectivity index (χ3v) is 2.34. The zero-order valence-electron chi connectivity index (χ0n) is 10.4. The molecule has 1 rings (SSSR count). The average molecular weight is 262 g/mol. The molecule has 3 amide bonds. The number of pyridine rings is 1. The highest BCUT2D eigenvalue weighted by Gasteiger charge is 2.37. The summed E-state index contributed by atoms with van der Waals surface area (Å²) in [5, 5.41) is 2.21. The van der Waals surface area contributed by atoms with Gasteiger partial charge in [0.25, 0.3) is 5.91 Å². The van der Waals surface area contributed by atoms with E-state index in [0.29, 0.717) is 6.29 Å². The number of rotatable bonds is 5. The van der Waals surface area contributed by atoms with Crippen molar-refractivity contribution in [1.82, 2.24) is 10.3 Å². The maximum Gasteiger partial charge on any atom is 0.314 e. The summed E-state index contributed by atoms with van der Waals surface area (Å²) in [5.41, 5.74) is 3.37. The molecular weight excluding hydrogens is 248 g/mol. The Labute approximate surface area is 110 Å². The van der Waals surface area contributed by atoms with Crippen LogP contribution < -0.4 is 16.0 Å². The monoisotopic (exact) mass is 262 g/mol. The summed E-state index contributed by atoms with van der Waals surface area (Å²) in [6.07, 6.45) is 2.86. The van der Waals surface area contributed by atoms with Gasteiger partial charge in [0.15, 0.2) is 11.9 Å². The second-order valence-corrected chi connectivity index (χ2v) is 3.82. The van der Waals surface area contributed by atoms with Gasteiger partial charge in [-0.3, -0.25) is 14.5 Å². The number of hydrogen-bond acceptors (Lipinski definition) is 4. The van der Waals surface area contributed by atoms with Crippen molar-refractivity contribution in [3.8, 4) is 0 Å². The van der Waals surface area contributed by atoms with Crippen molar-refractivity contribution in [2.45, 2.75) is 12.6 Å². The fourth-order valence-electron chi connectivity index (χ4n) is 1.54. The van der Waals surface area contributed by atoms with Crippen LogP contribution in [0.2, 0.25) is 0 Å². The molecule has 1 aromatic heterocycles. The highest BCUT2D eigenvalue weighted by molar-refractivity contribution is 6.05. The molecule has 1 unspecified atom stereocenters. The molecule has 7 heteroatoms. The van der Waals surface area contributed by atoms with Crippen molar-refractivity contribution in [3.05, 3.63) is 37.1 Å². The first-order valence-corrected chi connectivity index (χ1v) is 5.36. The van der Waals surface area contributed by atoms with Gasteiger partial charge in [0.1, 0.15) is 5.82 Å². The minimum absolute atomic E-state index is 0.191. The molecule has 0 radical (unpaired) electrons. The number of amides is 3. The lowest BCUT2D eigenvalue weighted by Gasteiger charge is -2.35. The van der Waals surface area contributed by atoms with E-state index in [-0.39, 0.29) is 5.82 Å². The molecule has 0 bridgehead atoms. The lowest BCUT2D eigenvalue weighted by atomic mass is 10.1. The maximum absolute atomic E-state index is 11.9. The number of nitrogens with zero attached hydrogens (tertiary/aromatic N) is 2. The van der Waals surface area contributed by atoms with Crippen molar-refractivity contribution < 1.29 is 14.4 Å². The minimum atomic E-state index is -1.65. The predicted octanol–water partition coefficient (Wildman–Crippen LogP) is 0.184. The Morgan fingerprint density at radius 2 is 2.21 bits per heavy atom. The van der Waals surface area contributed by atoms with Crippen molar-refractivity contribution in [2.24, 2.45) is 5.73 Å². The summed E-state index contributed by atoms with van der Waals surface area (Å²) in [4.78, 5) is 39.1. The molecular formula is C12H14N4O3. The van der Waals surface area contributed by atoms with Crippen LogP contribution >= 0.6 is 0 Å². The van der Waals surface area contributed by atoms with Crippen LogP contribution in [0.25, 0.3) is 0 Å². The van der Waals surface area contributed by atoms with Crippen molar-refractivity contribution >= 4 is 24.0 Å². The zero-order valence-corrected chi connectivity index (χ0v) is 10.4. The van der Waals surface area contributed by atoms with Gasteiger partial charge in [-0.2, -0.15) is 0 Å². The van der Waals surface area contributed by atoms with Gasteiger partial charge >= 0.3 is 6.03 Å². The van der Waals surface area contributed by atoms with Crippen LogP contribution in [0.4, 0.5) is 10.6 Å². The highest BCUT2D eigenvalue weighted by atomic mass is 16.2. The second-order valence-electron chi connectivity index (χ2n) is 3.82. The molecule has 7 nitrogen and oxygen atoms in total. The fourth-order valence-corrected chi connectivity index (χ4v) is 1.54. The van der Waals surface area contributed by atoms with E-state index in [4.69, 9.17) is 5.73 Å². The topological polar surface area (TPSA) is 105 Å². The molecule has 1 heterocycles. The van der Waals surface area contributed by atoms with Crippen LogP contribution in [-0.4, -0.2) is 28.9 Å². The molecule has 1 atom stereocenters. The van der Waals surface area contributed by atoms with Crippen LogP contribution in [-0.2, 0) is 9.59 Å². The van der Waals surface area contributed by atoms with E-state index in [1.165, 1.54) is 19.2 Å². The van der Waals surface area contributed by atoms with E-state index in [1.54, 1.807) is 12.1 Å². The van der Waals surface area contributed by atoms with E-state index < -0.39 is 17.6 Å². The van der Waals surface area contributed by atoms with Gasteiger partial charge in [-0.1, -0.05) is 12.6 Å². The summed E-state index contributed by atoms with van der Waals surface area (Å²) in [5.74, 6) is -0.405. The minimum Gasteiger partial charge on any atom is -0.352 e. The summed E-state index contributed by atoms with van der Waals surface area (Å²) in [6.45, 7) is 4.69. The van der Waals surface area contributed by atoms with Gasteiger partial charge in [-0.25, -0.2) is 9.78 Å². The number of aromatic nitrogens is 1. The molecule has 0 spiro atoms. The third-order valence-electron chi connectivity index (χ3n) is 2.34. The molecule has 0 aliphatic heterocycles. The Hall–Kier alpha value is -2.70. The highest BCUT2D eigenvalue weighted by Crippen LogP contribution is 2.19. The zero-order chi connectivity index (χ0) is 14.5. The number of primary amides is 1. The molecule has 0 saturated heterocycles. The van der Waals surface area contributed by atoms with Gasteiger partial charge in [0, 0.05) is 6.20 Å². The van der Waals surface area contributed by atoms with Crippen LogP contribution in [0.5, 0.6) is 0 Å². The number of urea groups is 1. The van der Waals surface area contributed by atoms with E-state index >= 15 is 0 Å². The number of nitrogens with two attached hydrogens (primary N) is 1. The van der Waals surface area contributed by atoms with Gasteiger partial charge in [-0.15, -0.1) is 0 Å². The fraction of sp³-hybridized carbons (Fsp3) is 0.167. The summed E-state index contributed by atoms with van der Waals surface area (Å²) in [7, 11) is 0. The van der Waals surface area contributed by atoms with E-state index in [2.05, 4.69) is 16.9 Å².